The van der Waals surface area contributed by atoms with Crippen LogP contribution in [0.15, 0.2) is 0 Å². The molecule has 5 N–H and O–H groups in total. The van der Waals surface area contributed by atoms with Crippen LogP contribution in [0.1, 0.15) is 39.0 Å². The standard InChI is InChI=1S/C9H17BO4.C2H7N/c11-9(12)8-5-1-3-7(8)4-2-6-10(13)14;1-2-3/h7-8,13-14H,1-6H2,(H,11,12);2-3H2,1H3. The van der Waals surface area contributed by atoms with Gasteiger partial charge in [0.2, 0.25) is 0 Å². The van der Waals surface area contributed by atoms with Crippen molar-refractivity contribution in [2.75, 3.05) is 6.54 Å². The van der Waals surface area contributed by atoms with Crippen molar-refractivity contribution in [3.63, 3.8) is 0 Å². The Morgan fingerprint density at radius 2 is 2.00 bits per heavy atom. The van der Waals surface area contributed by atoms with Gasteiger partial charge in [0.1, 0.15) is 0 Å². The van der Waals surface area contributed by atoms with Gasteiger partial charge in [-0.2, -0.15) is 0 Å². The first-order valence-electron chi connectivity index (χ1n) is 6.31. The van der Waals surface area contributed by atoms with Crippen LogP contribution in [0.2, 0.25) is 6.32 Å². The Morgan fingerprint density at radius 3 is 2.47 bits per heavy atom. The Kier molecular flexibility index (Phi) is 9.12. The van der Waals surface area contributed by atoms with E-state index in [9.17, 15) is 4.79 Å². The second-order valence-corrected chi connectivity index (χ2v) is 4.46. The third-order valence-electron chi connectivity index (χ3n) is 3.01. The zero-order valence-corrected chi connectivity index (χ0v) is 10.5. The highest BCUT2D eigenvalue weighted by molar-refractivity contribution is 6.40. The quantitative estimate of drug-likeness (QED) is 0.534. The summed E-state index contributed by atoms with van der Waals surface area (Å²) in [5, 5.41) is 26.2. The van der Waals surface area contributed by atoms with Gasteiger partial charge < -0.3 is 20.9 Å². The van der Waals surface area contributed by atoms with E-state index in [4.69, 9.17) is 20.9 Å². The van der Waals surface area contributed by atoms with Crippen LogP contribution in [-0.2, 0) is 4.79 Å². The molecule has 0 amide bonds. The lowest BCUT2D eigenvalue weighted by Gasteiger charge is -2.14. The smallest absolute Gasteiger partial charge is 0.451 e. The fourth-order valence-electron chi connectivity index (χ4n) is 2.27. The van der Waals surface area contributed by atoms with Gasteiger partial charge >= 0.3 is 13.1 Å². The zero-order valence-electron chi connectivity index (χ0n) is 10.5. The number of rotatable bonds is 5. The van der Waals surface area contributed by atoms with Crippen LogP contribution in [0.25, 0.3) is 0 Å². The minimum atomic E-state index is -1.25. The Bertz CT molecular complexity index is 214. The summed E-state index contributed by atoms with van der Waals surface area (Å²) in [6.45, 7) is 2.65. The number of hydrogen-bond acceptors (Lipinski definition) is 4. The van der Waals surface area contributed by atoms with Gasteiger partial charge in [0, 0.05) is 0 Å². The van der Waals surface area contributed by atoms with Gasteiger partial charge in [-0.1, -0.05) is 26.2 Å². The van der Waals surface area contributed by atoms with Crippen LogP contribution >= 0.6 is 0 Å². The molecule has 5 nitrogen and oxygen atoms in total. The molecule has 0 spiro atoms. The van der Waals surface area contributed by atoms with Gasteiger partial charge in [-0.05, 0) is 31.6 Å². The van der Waals surface area contributed by atoms with E-state index in [2.05, 4.69) is 0 Å². The van der Waals surface area contributed by atoms with Crippen LogP contribution in [0.4, 0.5) is 0 Å². The maximum absolute atomic E-state index is 10.8. The summed E-state index contributed by atoms with van der Waals surface area (Å²) >= 11 is 0. The number of nitrogens with two attached hydrogens (primary N) is 1. The van der Waals surface area contributed by atoms with E-state index in [1.807, 2.05) is 6.92 Å². The molecule has 1 aliphatic carbocycles. The highest BCUT2D eigenvalue weighted by atomic mass is 16.4. The van der Waals surface area contributed by atoms with Gasteiger partial charge in [-0.25, -0.2) is 0 Å². The highest BCUT2D eigenvalue weighted by Gasteiger charge is 2.32. The van der Waals surface area contributed by atoms with E-state index in [1.165, 1.54) is 0 Å². The lowest BCUT2D eigenvalue weighted by molar-refractivity contribution is -0.143. The van der Waals surface area contributed by atoms with Crippen molar-refractivity contribution in [2.24, 2.45) is 17.6 Å². The number of carboxylic acids is 1. The summed E-state index contributed by atoms with van der Waals surface area (Å²) in [5.41, 5.74) is 4.85. The molecule has 0 heterocycles. The number of carbonyl (C=O) groups is 1. The molecule has 1 aliphatic rings. The molecule has 6 heteroatoms. The first kappa shape index (κ1) is 16.4. The van der Waals surface area contributed by atoms with Gasteiger partial charge in [0.25, 0.3) is 0 Å². The zero-order chi connectivity index (χ0) is 13.3. The van der Waals surface area contributed by atoms with E-state index >= 15 is 0 Å². The Morgan fingerprint density at radius 1 is 1.41 bits per heavy atom. The van der Waals surface area contributed by atoms with Crippen LogP contribution < -0.4 is 5.73 Å². The summed E-state index contributed by atoms with van der Waals surface area (Å²) in [6.07, 6.45) is 4.59. The summed E-state index contributed by atoms with van der Waals surface area (Å²) in [5.74, 6) is -0.658. The van der Waals surface area contributed by atoms with Crippen molar-refractivity contribution in [3.05, 3.63) is 0 Å². The van der Waals surface area contributed by atoms with Crippen LogP contribution in [0.3, 0.4) is 0 Å². The largest absolute Gasteiger partial charge is 0.481 e. The topological polar surface area (TPSA) is 104 Å². The molecule has 100 valence electrons. The van der Waals surface area contributed by atoms with Crippen molar-refractivity contribution >= 4 is 13.1 Å². The monoisotopic (exact) mass is 245 g/mol. The van der Waals surface area contributed by atoms with Crippen molar-refractivity contribution in [3.8, 4) is 0 Å². The predicted octanol–water partition coefficient (Wildman–Crippen LogP) is 0.705. The van der Waals surface area contributed by atoms with E-state index in [0.29, 0.717) is 12.7 Å². The fourth-order valence-corrected chi connectivity index (χ4v) is 2.27. The molecule has 1 rings (SSSR count). The molecule has 0 aromatic heterocycles. The average Bonchev–Trinajstić information content (AvgIpc) is 2.66. The summed E-state index contributed by atoms with van der Waals surface area (Å²) in [6, 6.07) is 0. The maximum atomic E-state index is 10.8. The summed E-state index contributed by atoms with van der Waals surface area (Å²) in [4.78, 5) is 10.8. The molecule has 1 saturated carbocycles. The van der Waals surface area contributed by atoms with E-state index < -0.39 is 13.1 Å². The van der Waals surface area contributed by atoms with Crippen molar-refractivity contribution in [2.45, 2.75) is 45.3 Å². The molecule has 0 radical (unpaired) electrons. The van der Waals surface area contributed by atoms with E-state index in [0.717, 1.165) is 32.2 Å². The first-order chi connectivity index (χ1) is 8.02. The molecule has 0 aromatic carbocycles. The highest BCUT2D eigenvalue weighted by Crippen LogP contribution is 2.35. The van der Waals surface area contributed by atoms with Crippen LogP contribution in [0, 0.1) is 11.8 Å². The third kappa shape index (κ3) is 7.36. The molecular formula is C11H24BNO4. The fraction of sp³-hybridized carbons (Fsp3) is 0.909. The Balaban J connectivity index is 0.000000770. The van der Waals surface area contributed by atoms with Crippen molar-refractivity contribution in [1.82, 2.24) is 0 Å². The van der Waals surface area contributed by atoms with E-state index in [-0.39, 0.29) is 11.8 Å². The predicted molar refractivity (Wildman–Crippen MR) is 67.4 cm³/mol. The molecule has 0 aromatic rings. The lowest BCUT2D eigenvalue weighted by Crippen LogP contribution is -2.19. The molecule has 0 aliphatic heterocycles. The van der Waals surface area contributed by atoms with Gasteiger partial charge in [0.15, 0.2) is 0 Å². The Hall–Kier alpha value is -0.585. The molecule has 0 saturated heterocycles. The molecule has 2 atom stereocenters. The minimum absolute atomic E-state index is 0.203. The van der Waals surface area contributed by atoms with Gasteiger partial charge in [0.05, 0.1) is 5.92 Å². The number of carboxylic acid groups (broad SMARTS) is 1. The normalized spacial score (nSPS) is 22.8. The summed E-state index contributed by atoms with van der Waals surface area (Å²) < 4.78 is 0. The molecule has 0 bridgehead atoms. The second-order valence-electron chi connectivity index (χ2n) is 4.46. The molecular weight excluding hydrogens is 221 g/mol. The number of aliphatic carboxylic acids is 1. The minimum Gasteiger partial charge on any atom is -0.481 e. The van der Waals surface area contributed by atoms with Crippen LogP contribution in [0.5, 0.6) is 0 Å². The second kappa shape index (κ2) is 9.45. The van der Waals surface area contributed by atoms with Gasteiger partial charge in [-0.3, -0.25) is 4.79 Å². The third-order valence-corrected chi connectivity index (χ3v) is 3.01. The lowest BCUT2D eigenvalue weighted by atomic mass is 9.80. The molecule has 2 unspecified atom stereocenters. The van der Waals surface area contributed by atoms with Crippen LogP contribution in [-0.4, -0.2) is 34.8 Å². The van der Waals surface area contributed by atoms with Crippen molar-refractivity contribution in [1.29, 1.82) is 0 Å². The maximum Gasteiger partial charge on any atom is 0.451 e. The molecule has 1 fully saturated rings. The SMILES string of the molecule is CCN.O=C(O)C1CCCC1CCCB(O)O. The summed E-state index contributed by atoms with van der Waals surface area (Å²) in [7, 11) is -1.25. The average molecular weight is 245 g/mol. The van der Waals surface area contributed by atoms with Gasteiger partial charge in [-0.15, -0.1) is 0 Å². The number of hydrogen-bond donors (Lipinski definition) is 4. The Labute approximate surface area is 103 Å². The first-order valence-corrected chi connectivity index (χ1v) is 6.31. The van der Waals surface area contributed by atoms with Crippen molar-refractivity contribution < 1.29 is 19.9 Å². The van der Waals surface area contributed by atoms with E-state index in [1.54, 1.807) is 0 Å². The molecule has 17 heavy (non-hydrogen) atoms.